The topological polar surface area (TPSA) is 21.3 Å². The first-order valence-electron chi connectivity index (χ1n) is 5.77. The van der Waals surface area contributed by atoms with Gasteiger partial charge in [0, 0.05) is 18.2 Å². The van der Waals surface area contributed by atoms with E-state index in [2.05, 4.69) is 21.2 Å². The molecule has 2 rings (SSSR count). The summed E-state index contributed by atoms with van der Waals surface area (Å²) in [7, 11) is 1.82. The third-order valence-electron chi connectivity index (χ3n) is 2.60. The van der Waals surface area contributed by atoms with Gasteiger partial charge in [-0.05, 0) is 35.1 Å². The zero-order valence-electron chi connectivity index (χ0n) is 10.5. The number of rotatable bonds is 4. The third kappa shape index (κ3) is 3.44. The highest BCUT2D eigenvalue weighted by molar-refractivity contribution is 9.10. The summed E-state index contributed by atoms with van der Waals surface area (Å²) in [6.45, 7) is 0.587. The van der Waals surface area contributed by atoms with Gasteiger partial charge in [-0.25, -0.2) is 4.39 Å². The van der Waals surface area contributed by atoms with E-state index in [1.54, 1.807) is 6.07 Å². The molecule has 0 saturated heterocycles. The molecule has 20 heavy (non-hydrogen) atoms. The lowest BCUT2D eigenvalue weighted by Crippen LogP contribution is -2.06. The van der Waals surface area contributed by atoms with E-state index in [-0.39, 0.29) is 5.02 Å². The average Bonchev–Trinajstić information content (AvgIpc) is 2.40. The van der Waals surface area contributed by atoms with Crippen molar-refractivity contribution in [3.63, 3.8) is 0 Å². The highest BCUT2D eigenvalue weighted by atomic mass is 79.9. The van der Waals surface area contributed by atoms with Crippen LogP contribution >= 0.6 is 39.1 Å². The van der Waals surface area contributed by atoms with Crippen LogP contribution in [0.2, 0.25) is 10.0 Å². The molecule has 6 heteroatoms. The molecule has 0 unspecified atom stereocenters. The standard InChI is InChI=1S/C14H11BrCl2FNO/c1-19-7-8-3-2-4-10(16)14(8)20-13-6-12(18)11(17)5-9(13)15/h2-6,19H,7H2,1H3. The van der Waals surface area contributed by atoms with Crippen molar-refractivity contribution < 1.29 is 9.13 Å². The fourth-order valence-electron chi connectivity index (χ4n) is 1.69. The second-order valence-electron chi connectivity index (χ2n) is 4.06. The highest BCUT2D eigenvalue weighted by Crippen LogP contribution is 2.38. The zero-order valence-corrected chi connectivity index (χ0v) is 13.6. The van der Waals surface area contributed by atoms with Crippen molar-refractivity contribution in [2.24, 2.45) is 0 Å². The van der Waals surface area contributed by atoms with Gasteiger partial charge < -0.3 is 10.1 Å². The molecule has 0 amide bonds. The maximum atomic E-state index is 13.5. The zero-order chi connectivity index (χ0) is 14.7. The predicted molar refractivity (Wildman–Crippen MR) is 83.4 cm³/mol. The first kappa shape index (κ1) is 15.6. The summed E-state index contributed by atoms with van der Waals surface area (Å²) in [5, 5.41) is 3.51. The van der Waals surface area contributed by atoms with Gasteiger partial charge in [0.1, 0.15) is 11.6 Å². The summed E-state index contributed by atoms with van der Waals surface area (Å²) >= 11 is 15.1. The van der Waals surface area contributed by atoms with E-state index in [1.165, 1.54) is 12.1 Å². The molecule has 0 saturated carbocycles. The molecule has 2 nitrogen and oxygen atoms in total. The first-order chi connectivity index (χ1) is 9.52. The summed E-state index contributed by atoms with van der Waals surface area (Å²) in [6, 6.07) is 8.10. The van der Waals surface area contributed by atoms with E-state index in [1.807, 2.05) is 19.2 Å². The molecule has 0 aliphatic rings. The van der Waals surface area contributed by atoms with Crippen molar-refractivity contribution in [3.05, 3.63) is 56.2 Å². The summed E-state index contributed by atoms with van der Waals surface area (Å²) < 4.78 is 19.8. The van der Waals surface area contributed by atoms with E-state index in [4.69, 9.17) is 27.9 Å². The van der Waals surface area contributed by atoms with Crippen molar-refractivity contribution in [2.45, 2.75) is 6.54 Å². The SMILES string of the molecule is CNCc1cccc(Cl)c1Oc1cc(F)c(Cl)cc1Br. The lowest BCUT2D eigenvalue weighted by atomic mass is 10.2. The summed E-state index contributed by atoms with van der Waals surface area (Å²) in [5.41, 5.74) is 0.877. The second-order valence-corrected chi connectivity index (χ2v) is 5.73. The van der Waals surface area contributed by atoms with Crippen LogP contribution in [0.5, 0.6) is 11.5 Å². The number of ether oxygens (including phenoxy) is 1. The molecule has 0 heterocycles. The van der Waals surface area contributed by atoms with Crippen LogP contribution in [0.1, 0.15) is 5.56 Å². The Morgan fingerprint density at radius 2 is 2.00 bits per heavy atom. The molecule has 2 aromatic carbocycles. The summed E-state index contributed by atoms with van der Waals surface area (Å²) in [4.78, 5) is 0. The Hall–Kier alpha value is -0.810. The van der Waals surface area contributed by atoms with E-state index in [0.29, 0.717) is 27.5 Å². The fourth-order valence-corrected chi connectivity index (χ4v) is 2.64. The molecule has 0 spiro atoms. The molecule has 2 aromatic rings. The Balaban J connectivity index is 2.42. The minimum atomic E-state index is -0.549. The van der Waals surface area contributed by atoms with Crippen molar-refractivity contribution in [3.8, 4) is 11.5 Å². The van der Waals surface area contributed by atoms with Gasteiger partial charge in [0.25, 0.3) is 0 Å². The Labute approximate surface area is 135 Å². The maximum absolute atomic E-state index is 13.5. The van der Waals surface area contributed by atoms with Crippen molar-refractivity contribution in [2.75, 3.05) is 7.05 Å². The van der Waals surface area contributed by atoms with E-state index in [0.717, 1.165) is 5.56 Å². The number of para-hydroxylation sites is 1. The van der Waals surface area contributed by atoms with Crippen LogP contribution in [0.4, 0.5) is 4.39 Å². The van der Waals surface area contributed by atoms with Gasteiger partial charge in [-0.1, -0.05) is 35.3 Å². The quantitative estimate of drug-likeness (QED) is 0.718. The van der Waals surface area contributed by atoms with Gasteiger partial charge in [0.15, 0.2) is 5.75 Å². The van der Waals surface area contributed by atoms with Crippen LogP contribution in [0.3, 0.4) is 0 Å². The van der Waals surface area contributed by atoms with Crippen LogP contribution in [0, 0.1) is 5.82 Å². The van der Waals surface area contributed by atoms with Crippen LogP contribution in [0.25, 0.3) is 0 Å². The molecule has 1 N–H and O–H groups in total. The molecule has 0 radical (unpaired) electrons. The van der Waals surface area contributed by atoms with Crippen LogP contribution in [-0.2, 0) is 6.54 Å². The minimum Gasteiger partial charge on any atom is -0.454 e. The van der Waals surface area contributed by atoms with Crippen molar-refractivity contribution >= 4 is 39.1 Å². The Morgan fingerprint density at radius 3 is 2.70 bits per heavy atom. The maximum Gasteiger partial charge on any atom is 0.150 e. The Morgan fingerprint density at radius 1 is 1.25 bits per heavy atom. The van der Waals surface area contributed by atoms with Gasteiger partial charge in [-0.2, -0.15) is 0 Å². The monoisotopic (exact) mass is 377 g/mol. The van der Waals surface area contributed by atoms with Crippen LogP contribution < -0.4 is 10.1 Å². The van der Waals surface area contributed by atoms with Gasteiger partial charge in [-0.15, -0.1) is 0 Å². The van der Waals surface area contributed by atoms with E-state index in [9.17, 15) is 4.39 Å². The molecular weight excluding hydrogens is 368 g/mol. The molecule has 106 valence electrons. The molecule has 0 fully saturated rings. The van der Waals surface area contributed by atoms with Crippen molar-refractivity contribution in [1.82, 2.24) is 5.32 Å². The lowest BCUT2D eigenvalue weighted by molar-refractivity contribution is 0.466. The minimum absolute atomic E-state index is 0.0267. The molecule has 0 bridgehead atoms. The second kappa shape index (κ2) is 6.76. The highest BCUT2D eigenvalue weighted by Gasteiger charge is 2.13. The lowest BCUT2D eigenvalue weighted by Gasteiger charge is -2.14. The molecule has 0 atom stereocenters. The molecule has 0 aliphatic carbocycles. The number of benzene rings is 2. The van der Waals surface area contributed by atoms with Crippen LogP contribution in [-0.4, -0.2) is 7.05 Å². The fraction of sp³-hybridized carbons (Fsp3) is 0.143. The number of hydrogen-bond donors (Lipinski definition) is 1. The van der Waals surface area contributed by atoms with Crippen molar-refractivity contribution in [1.29, 1.82) is 0 Å². The first-order valence-corrected chi connectivity index (χ1v) is 7.32. The van der Waals surface area contributed by atoms with E-state index >= 15 is 0 Å². The normalized spacial score (nSPS) is 10.7. The van der Waals surface area contributed by atoms with Gasteiger partial charge in [0.2, 0.25) is 0 Å². The van der Waals surface area contributed by atoms with Gasteiger partial charge in [0.05, 0.1) is 14.5 Å². The number of halogens is 4. The Kier molecular flexibility index (Phi) is 5.27. The average molecular weight is 379 g/mol. The third-order valence-corrected chi connectivity index (χ3v) is 3.81. The smallest absolute Gasteiger partial charge is 0.150 e. The largest absolute Gasteiger partial charge is 0.454 e. The van der Waals surface area contributed by atoms with E-state index < -0.39 is 5.82 Å². The number of nitrogens with one attached hydrogen (secondary N) is 1. The molecular formula is C14H11BrCl2FNO. The summed E-state index contributed by atoms with van der Waals surface area (Å²) in [6.07, 6.45) is 0. The summed E-state index contributed by atoms with van der Waals surface area (Å²) in [5.74, 6) is 0.260. The predicted octanol–water partition coefficient (Wildman–Crippen LogP) is 5.41. The molecule has 0 aliphatic heterocycles. The van der Waals surface area contributed by atoms with Crippen LogP contribution in [0.15, 0.2) is 34.8 Å². The molecule has 0 aromatic heterocycles. The number of hydrogen-bond acceptors (Lipinski definition) is 2. The Bertz CT molecular complexity index is 637. The van der Waals surface area contributed by atoms with Gasteiger partial charge >= 0.3 is 0 Å². The van der Waals surface area contributed by atoms with Gasteiger partial charge in [-0.3, -0.25) is 0 Å².